The zero-order chi connectivity index (χ0) is 28.8. The summed E-state index contributed by atoms with van der Waals surface area (Å²) >= 11 is 0. The molecule has 2 aliphatic heterocycles. The maximum absolute atomic E-state index is 12.6. The molecule has 0 spiro atoms. The molecule has 2 heterocycles. The van der Waals surface area contributed by atoms with Gasteiger partial charge in [-0.15, -0.1) is 0 Å². The van der Waals surface area contributed by atoms with E-state index in [1.807, 2.05) is 0 Å². The number of phenolic OH excluding ortho intramolecular Hbond substituents is 2. The van der Waals surface area contributed by atoms with Crippen LogP contribution in [-0.2, 0) is 19.2 Å². The van der Waals surface area contributed by atoms with E-state index >= 15 is 0 Å². The minimum atomic E-state index is -0.946. The highest BCUT2D eigenvalue weighted by Gasteiger charge is 2.39. The third kappa shape index (κ3) is 7.36. The molecule has 12 heteroatoms. The van der Waals surface area contributed by atoms with Crippen LogP contribution >= 0.6 is 21.6 Å². The molecule has 0 aliphatic carbocycles. The van der Waals surface area contributed by atoms with Gasteiger partial charge in [-0.05, 0) is 82.7 Å². The fraction of sp³-hybridized carbons (Fsp3) is 0.429. The molecule has 4 atom stereocenters. The summed E-state index contributed by atoms with van der Waals surface area (Å²) in [7, 11) is 1.65. The van der Waals surface area contributed by atoms with Gasteiger partial charge in [0.15, 0.2) is 0 Å². The minimum absolute atomic E-state index is 0.0689. The van der Waals surface area contributed by atoms with E-state index in [1.165, 1.54) is 0 Å². The lowest BCUT2D eigenvalue weighted by atomic mass is 10.0. The number of rotatable bonds is 10. The monoisotopic (exact) mass is 588 g/mol. The van der Waals surface area contributed by atoms with Crippen molar-refractivity contribution in [1.82, 2.24) is 9.80 Å². The predicted molar refractivity (Wildman–Crippen MR) is 151 cm³/mol. The third-order valence-corrected chi connectivity index (χ3v) is 9.76. The molecule has 10 nitrogen and oxygen atoms in total. The van der Waals surface area contributed by atoms with Crippen LogP contribution in [0.5, 0.6) is 11.5 Å². The Hall–Kier alpha value is -3.06. The van der Waals surface area contributed by atoms with E-state index in [4.69, 9.17) is 0 Å². The van der Waals surface area contributed by atoms with Crippen LogP contribution in [0.25, 0.3) is 0 Å². The Morgan fingerprint density at radius 3 is 1.30 bits per heavy atom. The lowest BCUT2D eigenvalue weighted by molar-refractivity contribution is -0.143. The zero-order valence-corrected chi connectivity index (χ0v) is 23.4. The quantitative estimate of drug-likeness (QED) is 0.294. The number of carbonyl (C=O) groups excluding carboxylic acids is 2. The standard InChI is InChI=1S/C28H32N2O8S2/c31-19-5-1-17(2-6-19)21-9-11-23(27(35)36)29(21)15-13-25(33)39-40-26(34)14-16-30-22(10-12-24(30)28(37)38)18-3-7-20(32)8-4-18/h1-8,21-24,31-32H,9-16H2,(H,35,36)(H,37,38). The summed E-state index contributed by atoms with van der Waals surface area (Å²) in [6.07, 6.45) is 2.28. The van der Waals surface area contributed by atoms with Gasteiger partial charge < -0.3 is 20.4 Å². The first-order chi connectivity index (χ1) is 19.1. The van der Waals surface area contributed by atoms with Gasteiger partial charge in [-0.3, -0.25) is 29.0 Å². The lowest BCUT2D eigenvalue weighted by Crippen LogP contribution is -2.38. The van der Waals surface area contributed by atoms with Gasteiger partial charge in [0.25, 0.3) is 0 Å². The molecule has 0 amide bonds. The summed E-state index contributed by atoms with van der Waals surface area (Å²) in [6.45, 7) is 0.455. The van der Waals surface area contributed by atoms with Crippen LogP contribution in [-0.4, -0.2) is 77.6 Å². The van der Waals surface area contributed by atoms with E-state index in [0.29, 0.717) is 25.7 Å². The van der Waals surface area contributed by atoms with Crippen molar-refractivity contribution in [2.45, 2.75) is 62.7 Å². The maximum Gasteiger partial charge on any atom is 0.320 e. The highest BCUT2D eigenvalue weighted by molar-refractivity contribution is 8.87. The van der Waals surface area contributed by atoms with Crippen molar-refractivity contribution < 1.29 is 39.6 Å². The summed E-state index contributed by atoms with van der Waals surface area (Å²) in [5, 5.41) is 38.0. The van der Waals surface area contributed by atoms with E-state index in [1.54, 1.807) is 58.3 Å². The number of hydrogen-bond donors (Lipinski definition) is 4. The summed E-state index contributed by atoms with van der Waals surface area (Å²) in [5.41, 5.74) is 1.75. The first kappa shape index (κ1) is 29.9. The van der Waals surface area contributed by atoms with Gasteiger partial charge in [0, 0.05) is 38.0 Å². The molecule has 2 aromatic rings. The number of benzene rings is 2. The zero-order valence-electron chi connectivity index (χ0n) is 21.7. The van der Waals surface area contributed by atoms with Crippen molar-refractivity contribution in [3.8, 4) is 11.5 Å². The summed E-state index contributed by atoms with van der Waals surface area (Å²) in [4.78, 5) is 52.4. The lowest BCUT2D eigenvalue weighted by Gasteiger charge is -2.28. The van der Waals surface area contributed by atoms with Crippen molar-refractivity contribution in [3.63, 3.8) is 0 Å². The summed E-state index contributed by atoms with van der Waals surface area (Å²) in [5.74, 6) is -1.65. The molecule has 40 heavy (non-hydrogen) atoms. The number of aliphatic carboxylic acids is 2. The van der Waals surface area contributed by atoms with Crippen LogP contribution in [0.4, 0.5) is 0 Å². The Morgan fingerprint density at radius 1 is 0.625 bits per heavy atom. The molecule has 214 valence electrons. The van der Waals surface area contributed by atoms with Crippen LogP contribution < -0.4 is 0 Å². The van der Waals surface area contributed by atoms with Crippen LogP contribution in [0.3, 0.4) is 0 Å². The molecule has 2 aromatic carbocycles. The number of aromatic hydroxyl groups is 2. The van der Waals surface area contributed by atoms with Crippen LogP contribution in [0, 0.1) is 0 Å². The molecule has 0 saturated carbocycles. The Balaban J connectivity index is 1.28. The molecule has 2 fully saturated rings. The smallest absolute Gasteiger partial charge is 0.320 e. The first-order valence-electron chi connectivity index (χ1n) is 13.1. The molecule has 2 saturated heterocycles. The SMILES string of the molecule is O=C(CCN1C(C(=O)O)CCC1c1ccc(O)cc1)SSC(=O)CCN1C(C(=O)O)CCC1c1ccc(O)cc1. The number of carboxylic acids is 2. The summed E-state index contributed by atoms with van der Waals surface area (Å²) < 4.78 is 0. The number of carboxylic acid groups (broad SMARTS) is 2. The minimum Gasteiger partial charge on any atom is -0.508 e. The van der Waals surface area contributed by atoms with E-state index < -0.39 is 24.0 Å². The number of carbonyl (C=O) groups is 4. The first-order valence-corrected chi connectivity index (χ1v) is 15.2. The van der Waals surface area contributed by atoms with Crippen LogP contribution in [0.2, 0.25) is 0 Å². The molecule has 4 rings (SSSR count). The third-order valence-electron chi connectivity index (χ3n) is 7.53. The Bertz CT molecular complexity index is 1130. The molecular formula is C28H32N2O8S2. The largest absolute Gasteiger partial charge is 0.508 e. The number of hydrogen-bond acceptors (Lipinski definition) is 10. The van der Waals surface area contributed by atoms with Crippen LogP contribution in [0.15, 0.2) is 48.5 Å². The van der Waals surface area contributed by atoms with Gasteiger partial charge >= 0.3 is 11.9 Å². The average Bonchev–Trinajstić information content (AvgIpc) is 3.55. The van der Waals surface area contributed by atoms with Gasteiger partial charge in [0.05, 0.1) is 0 Å². The Kier molecular flexibility index (Phi) is 10.1. The Labute approximate surface area is 239 Å². The fourth-order valence-electron chi connectivity index (χ4n) is 5.61. The topological polar surface area (TPSA) is 156 Å². The van der Waals surface area contributed by atoms with E-state index in [2.05, 4.69) is 0 Å². The number of nitrogens with zero attached hydrogens (tertiary/aromatic N) is 2. The van der Waals surface area contributed by atoms with E-state index in [-0.39, 0.29) is 59.7 Å². The second-order valence-corrected chi connectivity index (χ2v) is 12.2. The van der Waals surface area contributed by atoms with Gasteiger partial charge in [-0.2, -0.15) is 0 Å². The molecule has 0 radical (unpaired) electrons. The van der Waals surface area contributed by atoms with Gasteiger partial charge in [-0.25, -0.2) is 0 Å². The van der Waals surface area contributed by atoms with E-state index in [0.717, 1.165) is 32.7 Å². The Morgan fingerprint density at radius 2 is 0.975 bits per heavy atom. The molecule has 4 N–H and O–H groups in total. The van der Waals surface area contributed by atoms with Gasteiger partial charge in [-0.1, -0.05) is 24.3 Å². The maximum atomic E-state index is 12.6. The molecule has 0 aromatic heterocycles. The highest BCUT2D eigenvalue weighted by Crippen LogP contribution is 2.39. The molecule has 4 unspecified atom stereocenters. The molecule has 0 bridgehead atoms. The summed E-state index contributed by atoms with van der Waals surface area (Å²) in [6, 6.07) is 11.4. The van der Waals surface area contributed by atoms with Crippen molar-refractivity contribution in [3.05, 3.63) is 59.7 Å². The highest BCUT2D eigenvalue weighted by atomic mass is 33.1. The van der Waals surface area contributed by atoms with Gasteiger partial charge in [0.2, 0.25) is 10.2 Å². The fourth-order valence-corrected chi connectivity index (χ4v) is 7.20. The normalized spacial score (nSPS) is 23.3. The van der Waals surface area contributed by atoms with Crippen LogP contribution in [0.1, 0.15) is 61.7 Å². The number of likely N-dealkylation sites (tertiary alicyclic amines) is 2. The van der Waals surface area contributed by atoms with Gasteiger partial charge in [0.1, 0.15) is 23.6 Å². The predicted octanol–water partition coefficient (Wildman–Crippen LogP) is 4.19. The van der Waals surface area contributed by atoms with Crippen molar-refractivity contribution in [2.24, 2.45) is 0 Å². The molecular weight excluding hydrogens is 556 g/mol. The average molecular weight is 589 g/mol. The second kappa shape index (κ2) is 13.5. The van der Waals surface area contributed by atoms with E-state index in [9.17, 15) is 39.6 Å². The second-order valence-electron chi connectivity index (χ2n) is 9.96. The van der Waals surface area contributed by atoms with Crippen molar-refractivity contribution >= 4 is 43.8 Å². The van der Waals surface area contributed by atoms with Crippen molar-refractivity contribution in [1.29, 1.82) is 0 Å². The number of phenols is 2. The van der Waals surface area contributed by atoms with Crippen molar-refractivity contribution in [2.75, 3.05) is 13.1 Å². The molecule has 2 aliphatic rings.